The van der Waals surface area contributed by atoms with Gasteiger partial charge in [-0.3, -0.25) is 28.6 Å². The molecule has 0 amide bonds. The summed E-state index contributed by atoms with van der Waals surface area (Å²) in [4.78, 5) is 34.9. The van der Waals surface area contributed by atoms with Gasteiger partial charge in [0.1, 0.15) is 5.39 Å². The van der Waals surface area contributed by atoms with E-state index in [-0.39, 0.29) is 17.2 Å². The van der Waals surface area contributed by atoms with Gasteiger partial charge in [0.15, 0.2) is 5.65 Å². The zero-order valence-corrected chi connectivity index (χ0v) is 18.8. The Kier molecular flexibility index (Phi) is 5.12. The smallest absolute Gasteiger partial charge is 0.276 e. The molecule has 33 heavy (non-hydrogen) atoms. The highest BCUT2D eigenvalue weighted by atomic mass is 16.2. The number of benzene rings is 1. The van der Waals surface area contributed by atoms with E-state index in [9.17, 15) is 9.59 Å². The third-order valence-corrected chi connectivity index (χ3v) is 5.79. The number of hydrogen-bond acceptors (Lipinski definition) is 5. The first-order chi connectivity index (χ1) is 16.0. The maximum atomic E-state index is 13.3. The predicted molar refractivity (Wildman–Crippen MR) is 128 cm³/mol. The second kappa shape index (κ2) is 8.12. The van der Waals surface area contributed by atoms with Crippen molar-refractivity contribution >= 4 is 21.9 Å². The second-order valence-electron chi connectivity index (χ2n) is 8.58. The van der Waals surface area contributed by atoms with Gasteiger partial charge in [0.05, 0.1) is 17.8 Å². The monoisotopic (exact) mass is 440 g/mol. The van der Waals surface area contributed by atoms with E-state index in [0.717, 1.165) is 22.0 Å². The standard InChI is InChI=1S/C25H24N6O2/c1-16(2)14-30-23-21(24(32)29(3)25(30)33)22(17-8-11-26-12-9-17)31(28-23)15-18-10-13-27-20-7-5-4-6-19(18)20/h4-13,16H,14-15H2,1-3H3. The molecule has 0 N–H and O–H groups in total. The van der Waals surface area contributed by atoms with Crippen LogP contribution in [0.15, 0.2) is 70.6 Å². The van der Waals surface area contributed by atoms with Crippen molar-refractivity contribution in [1.29, 1.82) is 0 Å². The highest BCUT2D eigenvalue weighted by Crippen LogP contribution is 2.28. The van der Waals surface area contributed by atoms with Gasteiger partial charge < -0.3 is 0 Å². The summed E-state index contributed by atoms with van der Waals surface area (Å²) in [6.07, 6.45) is 5.16. The van der Waals surface area contributed by atoms with Crippen LogP contribution < -0.4 is 11.2 Å². The minimum absolute atomic E-state index is 0.210. The first-order valence-electron chi connectivity index (χ1n) is 10.9. The molecular weight excluding hydrogens is 416 g/mol. The molecule has 0 saturated carbocycles. The van der Waals surface area contributed by atoms with Gasteiger partial charge in [-0.25, -0.2) is 4.79 Å². The molecule has 8 nitrogen and oxygen atoms in total. The number of aromatic nitrogens is 6. The van der Waals surface area contributed by atoms with E-state index in [4.69, 9.17) is 5.10 Å². The van der Waals surface area contributed by atoms with Crippen molar-refractivity contribution < 1.29 is 0 Å². The second-order valence-corrected chi connectivity index (χ2v) is 8.58. The molecule has 0 aliphatic carbocycles. The predicted octanol–water partition coefficient (Wildman–Crippen LogP) is 3.21. The molecule has 5 rings (SSSR count). The van der Waals surface area contributed by atoms with E-state index in [1.807, 2.05) is 61.0 Å². The fourth-order valence-electron chi connectivity index (χ4n) is 4.26. The van der Waals surface area contributed by atoms with Crippen LogP contribution in [-0.4, -0.2) is 28.9 Å². The van der Waals surface area contributed by atoms with Crippen molar-refractivity contribution in [2.75, 3.05) is 0 Å². The first-order valence-corrected chi connectivity index (χ1v) is 10.9. The number of rotatable bonds is 5. The Bertz CT molecular complexity index is 1590. The minimum atomic E-state index is -0.360. The lowest BCUT2D eigenvalue weighted by atomic mass is 10.1. The van der Waals surface area contributed by atoms with E-state index in [0.29, 0.717) is 29.8 Å². The van der Waals surface area contributed by atoms with Crippen LogP contribution >= 0.6 is 0 Å². The van der Waals surface area contributed by atoms with Gasteiger partial charge in [-0.05, 0) is 35.7 Å². The van der Waals surface area contributed by atoms with Gasteiger partial charge in [-0.2, -0.15) is 5.10 Å². The molecule has 4 aromatic heterocycles. The molecule has 166 valence electrons. The lowest BCUT2D eigenvalue weighted by Crippen LogP contribution is -2.38. The van der Waals surface area contributed by atoms with Crippen LogP contribution in [0.5, 0.6) is 0 Å². The van der Waals surface area contributed by atoms with Gasteiger partial charge in [-0.1, -0.05) is 32.0 Å². The summed E-state index contributed by atoms with van der Waals surface area (Å²) in [6, 6.07) is 13.6. The largest absolute Gasteiger partial charge is 0.332 e. The number of nitrogens with zero attached hydrogens (tertiary/aromatic N) is 6. The molecule has 0 saturated heterocycles. The lowest BCUT2D eigenvalue weighted by Gasteiger charge is -2.11. The average molecular weight is 441 g/mol. The molecule has 0 unspecified atom stereocenters. The number of hydrogen-bond donors (Lipinski definition) is 0. The maximum Gasteiger partial charge on any atom is 0.332 e. The molecule has 0 aliphatic heterocycles. The molecule has 0 atom stereocenters. The van der Waals surface area contributed by atoms with Crippen molar-refractivity contribution in [2.24, 2.45) is 13.0 Å². The third kappa shape index (κ3) is 3.53. The third-order valence-electron chi connectivity index (χ3n) is 5.79. The first kappa shape index (κ1) is 20.8. The van der Waals surface area contributed by atoms with E-state index < -0.39 is 0 Å². The molecule has 8 heteroatoms. The average Bonchev–Trinajstić information content (AvgIpc) is 3.20. The van der Waals surface area contributed by atoms with Crippen LogP contribution in [0.3, 0.4) is 0 Å². The Morgan fingerprint density at radius 2 is 1.73 bits per heavy atom. The van der Waals surface area contributed by atoms with Gasteiger partial charge in [0.2, 0.25) is 0 Å². The van der Waals surface area contributed by atoms with E-state index >= 15 is 0 Å². The van der Waals surface area contributed by atoms with Crippen LogP contribution in [0, 0.1) is 5.92 Å². The van der Waals surface area contributed by atoms with Gasteiger partial charge >= 0.3 is 5.69 Å². The summed E-state index contributed by atoms with van der Waals surface area (Å²) < 4.78 is 4.59. The SMILES string of the molecule is CC(C)Cn1c(=O)n(C)c(=O)c2c(-c3ccncc3)n(Cc3ccnc4ccccc34)nc21. The summed E-state index contributed by atoms with van der Waals surface area (Å²) in [6.45, 7) is 4.96. The Hall–Kier alpha value is -4.07. The highest BCUT2D eigenvalue weighted by molar-refractivity contribution is 5.91. The molecule has 5 aromatic rings. The minimum Gasteiger partial charge on any atom is -0.276 e. The van der Waals surface area contributed by atoms with Crippen LogP contribution in [0.25, 0.3) is 33.2 Å². The van der Waals surface area contributed by atoms with E-state index in [2.05, 4.69) is 9.97 Å². The molecule has 0 radical (unpaired) electrons. The summed E-state index contributed by atoms with van der Waals surface area (Å²) >= 11 is 0. The van der Waals surface area contributed by atoms with Gasteiger partial charge in [-0.15, -0.1) is 0 Å². The van der Waals surface area contributed by atoms with Crippen molar-refractivity contribution in [3.63, 3.8) is 0 Å². The molecule has 0 aliphatic rings. The Morgan fingerprint density at radius 1 is 0.970 bits per heavy atom. The zero-order chi connectivity index (χ0) is 23.1. The quantitative estimate of drug-likeness (QED) is 0.419. The number of para-hydroxylation sites is 1. The summed E-state index contributed by atoms with van der Waals surface area (Å²) in [5.74, 6) is 0.210. The topological polar surface area (TPSA) is 87.6 Å². The van der Waals surface area contributed by atoms with E-state index in [1.165, 1.54) is 11.6 Å². The Balaban J connectivity index is 1.84. The zero-order valence-electron chi connectivity index (χ0n) is 18.8. The number of pyridine rings is 2. The van der Waals surface area contributed by atoms with Crippen molar-refractivity contribution in [3.05, 3.63) is 87.5 Å². The summed E-state index contributed by atoms with van der Waals surface area (Å²) in [5, 5.41) is 6.29. The summed E-state index contributed by atoms with van der Waals surface area (Å²) in [7, 11) is 1.52. The molecule has 0 fully saturated rings. The van der Waals surface area contributed by atoms with Crippen LogP contribution in [0.1, 0.15) is 19.4 Å². The maximum absolute atomic E-state index is 13.3. The fraction of sp³-hybridized carbons (Fsp3) is 0.240. The number of fused-ring (bicyclic) bond motifs is 2. The van der Waals surface area contributed by atoms with Crippen LogP contribution in [0.4, 0.5) is 0 Å². The Labute approximate surface area is 189 Å². The highest BCUT2D eigenvalue weighted by Gasteiger charge is 2.23. The Morgan fingerprint density at radius 3 is 2.48 bits per heavy atom. The molecular formula is C25H24N6O2. The molecule has 0 spiro atoms. The van der Waals surface area contributed by atoms with Gasteiger partial charge in [0, 0.05) is 43.1 Å². The van der Waals surface area contributed by atoms with Gasteiger partial charge in [0.25, 0.3) is 5.56 Å². The molecule has 0 bridgehead atoms. The van der Waals surface area contributed by atoms with Crippen LogP contribution in [0.2, 0.25) is 0 Å². The van der Waals surface area contributed by atoms with E-state index in [1.54, 1.807) is 23.2 Å². The van der Waals surface area contributed by atoms with Crippen LogP contribution in [-0.2, 0) is 20.1 Å². The normalized spacial score (nSPS) is 11.6. The lowest BCUT2D eigenvalue weighted by molar-refractivity contribution is 0.498. The fourth-order valence-corrected chi connectivity index (χ4v) is 4.26. The van der Waals surface area contributed by atoms with Crippen molar-refractivity contribution in [1.82, 2.24) is 28.9 Å². The molecule has 1 aromatic carbocycles. The van der Waals surface area contributed by atoms with Crippen molar-refractivity contribution in [2.45, 2.75) is 26.9 Å². The van der Waals surface area contributed by atoms with Crippen molar-refractivity contribution in [3.8, 4) is 11.3 Å². The summed E-state index contributed by atoms with van der Waals surface area (Å²) in [5.41, 5.74) is 3.10. The molecule has 4 heterocycles.